The highest BCUT2D eigenvalue weighted by Crippen LogP contribution is 2.21. The molecule has 1 amide bonds. The molecule has 0 aliphatic heterocycles. The SMILES string of the molecule is CCCC(C(=O)Nc1ccncc1Br)C(N)=S. The maximum Gasteiger partial charge on any atom is 0.234 e. The summed E-state index contributed by atoms with van der Waals surface area (Å²) in [6.07, 6.45) is 4.73. The summed E-state index contributed by atoms with van der Waals surface area (Å²) in [6.45, 7) is 1.99. The van der Waals surface area contributed by atoms with E-state index in [0.717, 1.165) is 10.9 Å². The van der Waals surface area contributed by atoms with E-state index >= 15 is 0 Å². The van der Waals surface area contributed by atoms with Gasteiger partial charge in [0.05, 0.1) is 21.1 Å². The predicted octanol–water partition coefficient (Wildman–Crippen LogP) is 2.48. The first kappa shape index (κ1) is 14.1. The van der Waals surface area contributed by atoms with Crippen LogP contribution in [-0.4, -0.2) is 15.9 Å². The van der Waals surface area contributed by atoms with Gasteiger partial charge in [0.25, 0.3) is 0 Å². The molecule has 1 aromatic heterocycles. The standard InChI is InChI=1S/C11H14BrN3OS/c1-2-3-7(10(13)17)11(16)15-9-4-5-14-6-8(9)12/h4-7H,2-3H2,1H3,(H2,13,17)(H,14,15,16). The lowest BCUT2D eigenvalue weighted by atomic mass is 10.0. The molecule has 0 aliphatic carbocycles. The van der Waals surface area contributed by atoms with Crippen molar-refractivity contribution in [1.29, 1.82) is 0 Å². The van der Waals surface area contributed by atoms with Crippen LogP contribution in [0.25, 0.3) is 0 Å². The van der Waals surface area contributed by atoms with Crippen LogP contribution in [0.4, 0.5) is 5.69 Å². The number of thiocarbonyl (C=S) groups is 1. The fourth-order valence-corrected chi connectivity index (χ4v) is 1.96. The normalized spacial score (nSPS) is 11.9. The summed E-state index contributed by atoms with van der Waals surface area (Å²) < 4.78 is 0.728. The van der Waals surface area contributed by atoms with Crippen molar-refractivity contribution in [1.82, 2.24) is 4.98 Å². The zero-order valence-electron chi connectivity index (χ0n) is 9.44. The molecule has 17 heavy (non-hydrogen) atoms. The molecular formula is C11H14BrN3OS. The molecule has 0 radical (unpaired) electrons. The maximum atomic E-state index is 12.0. The van der Waals surface area contributed by atoms with Crippen molar-refractivity contribution >= 4 is 44.7 Å². The smallest absolute Gasteiger partial charge is 0.234 e. The number of nitrogens with two attached hydrogens (primary N) is 1. The summed E-state index contributed by atoms with van der Waals surface area (Å²) in [5.41, 5.74) is 6.23. The van der Waals surface area contributed by atoms with Crippen molar-refractivity contribution < 1.29 is 4.79 Å². The van der Waals surface area contributed by atoms with Gasteiger partial charge in [0, 0.05) is 12.4 Å². The highest BCUT2D eigenvalue weighted by molar-refractivity contribution is 9.10. The third-order valence-corrected chi connectivity index (χ3v) is 3.18. The van der Waals surface area contributed by atoms with Crippen molar-refractivity contribution in [3.05, 3.63) is 22.9 Å². The summed E-state index contributed by atoms with van der Waals surface area (Å²) in [5.74, 6) is -0.596. The van der Waals surface area contributed by atoms with Gasteiger partial charge >= 0.3 is 0 Å². The number of carbonyl (C=O) groups excluding carboxylic acids is 1. The Bertz CT molecular complexity index is 425. The van der Waals surface area contributed by atoms with E-state index in [9.17, 15) is 4.79 Å². The molecule has 0 bridgehead atoms. The quantitative estimate of drug-likeness (QED) is 0.819. The highest BCUT2D eigenvalue weighted by atomic mass is 79.9. The summed E-state index contributed by atoms with van der Waals surface area (Å²) in [5, 5.41) is 2.78. The number of hydrogen-bond donors (Lipinski definition) is 2. The van der Waals surface area contributed by atoms with E-state index in [4.69, 9.17) is 18.0 Å². The molecule has 0 aromatic carbocycles. The third kappa shape index (κ3) is 4.05. The molecule has 4 nitrogen and oxygen atoms in total. The van der Waals surface area contributed by atoms with Gasteiger partial charge in [0.15, 0.2) is 0 Å². The Balaban J connectivity index is 2.77. The van der Waals surface area contributed by atoms with Gasteiger partial charge in [-0.25, -0.2) is 0 Å². The Morgan fingerprint density at radius 1 is 1.71 bits per heavy atom. The first-order valence-electron chi connectivity index (χ1n) is 5.26. The minimum absolute atomic E-state index is 0.175. The number of carbonyl (C=O) groups is 1. The predicted molar refractivity (Wildman–Crippen MR) is 75.8 cm³/mol. The van der Waals surface area contributed by atoms with Gasteiger partial charge in [-0.1, -0.05) is 25.6 Å². The number of nitrogens with zero attached hydrogens (tertiary/aromatic N) is 1. The minimum atomic E-state index is -0.421. The maximum absolute atomic E-state index is 12.0. The second kappa shape index (κ2) is 6.66. The first-order chi connectivity index (χ1) is 8.06. The molecule has 92 valence electrons. The van der Waals surface area contributed by atoms with E-state index in [0.29, 0.717) is 12.1 Å². The number of halogens is 1. The molecule has 0 spiro atoms. The molecule has 3 N–H and O–H groups in total. The molecule has 1 heterocycles. The Morgan fingerprint density at radius 2 is 2.41 bits per heavy atom. The number of hydrogen-bond acceptors (Lipinski definition) is 3. The van der Waals surface area contributed by atoms with Crippen LogP contribution in [0.5, 0.6) is 0 Å². The Morgan fingerprint density at radius 3 is 2.94 bits per heavy atom. The van der Waals surface area contributed by atoms with Gasteiger partial charge in [-0.05, 0) is 28.4 Å². The molecular weight excluding hydrogens is 302 g/mol. The van der Waals surface area contributed by atoms with E-state index < -0.39 is 5.92 Å². The molecule has 6 heteroatoms. The van der Waals surface area contributed by atoms with Gasteiger partial charge < -0.3 is 11.1 Å². The molecule has 0 aliphatic rings. The summed E-state index contributed by atoms with van der Waals surface area (Å²) in [4.78, 5) is 16.1. The molecule has 0 fully saturated rings. The molecule has 1 unspecified atom stereocenters. The zero-order chi connectivity index (χ0) is 12.8. The molecule has 1 aromatic rings. The largest absolute Gasteiger partial charge is 0.393 e. The zero-order valence-corrected chi connectivity index (χ0v) is 11.8. The second-order valence-electron chi connectivity index (χ2n) is 3.59. The van der Waals surface area contributed by atoms with Gasteiger partial charge in [-0.3, -0.25) is 9.78 Å². The van der Waals surface area contributed by atoms with Crippen LogP contribution < -0.4 is 11.1 Å². The molecule has 1 atom stereocenters. The number of amides is 1. The van der Waals surface area contributed by atoms with Crippen LogP contribution in [0.1, 0.15) is 19.8 Å². The fraction of sp³-hybridized carbons (Fsp3) is 0.364. The second-order valence-corrected chi connectivity index (χ2v) is 4.91. The summed E-state index contributed by atoms with van der Waals surface area (Å²) in [6, 6.07) is 1.71. The van der Waals surface area contributed by atoms with Crippen LogP contribution in [-0.2, 0) is 4.79 Å². The molecule has 1 rings (SSSR count). The van der Waals surface area contributed by atoms with Crippen molar-refractivity contribution in [3.63, 3.8) is 0 Å². The molecule has 0 saturated heterocycles. The topological polar surface area (TPSA) is 68.0 Å². The average molecular weight is 316 g/mol. The van der Waals surface area contributed by atoms with Crippen LogP contribution in [0.3, 0.4) is 0 Å². The fourth-order valence-electron chi connectivity index (χ4n) is 1.39. The average Bonchev–Trinajstić information content (AvgIpc) is 2.28. The lowest BCUT2D eigenvalue weighted by molar-refractivity contribution is -0.118. The van der Waals surface area contributed by atoms with E-state index in [1.807, 2.05) is 6.92 Å². The number of aromatic nitrogens is 1. The van der Waals surface area contributed by atoms with Crippen LogP contribution >= 0.6 is 28.1 Å². The van der Waals surface area contributed by atoms with Crippen LogP contribution in [0.15, 0.2) is 22.9 Å². The van der Waals surface area contributed by atoms with Crippen molar-refractivity contribution in [2.45, 2.75) is 19.8 Å². The van der Waals surface area contributed by atoms with Crippen LogP contribution in [0, 0.1) is 5.92 Å². The molecule has 0 saturated carbocycles. The van der Waals surface area contributed by atoms with Gasteiger partial charge in [0.1, 0.15) is 0 Å². The number of pyridine rings is 1. The van der Waals surface area contributed by atoms with Crippen LogP contribution in [0.2, 0.25) is 0 Å². The van der Waals surface area contributed by atoms with Crippen molar-refractivity contribution in [2.24, 2.45) is 11.7 Å². The summed E-state index contributed by atoms with van der Waals surface area (Å²) >= 11 is 8.21. The van der Waals surface area contributed by atoms with Crippen molar-refractivity contribution in [3.8, 4) is 0 Å². The van der Waals surface area contributed by atoms with E-state index in [1.54, 1.807) is 18.5 Å². The van der Waals surface area contributed by atoms with Gasteiger partial charge in [-0.15, -0.1) is 0 Å². The summed E-state index contributed by atoms with van der Waals surface area (Å²) in [7, 11) is 0. The van der Waals surface area contributed by atoms with Crippen molar-refractivity contribution in [2.75, 3.05) is 5.32 Å². The minimum Gasteiger partial charge on any atom is -0.393 e. The van der Waals surface area contributed by atoms with E-state index in [2.05, 4.69) is 26.2 Å². The van der Waals surface area contributed by atoms with E-state index in [1.165, 1.54) is 0 Å². The number of nitrogens with one attached hydrogen (secondary N) is 1. The lowest BCUT2D eigenvalue weighted by Crippen LogP contribution is -2.33. The Kier molecular flexibility index (Phi) is 5.50. The lowest BCUT2D eigenvalue weighted by Gasteiger charge is -2.15. The highest BCUT2D eigenvalue weighted by Gasteiger charge is 2.20. The number of rotatable bonds is 5. The monoisotopic (exact) mass is 315 g/mol. The number of anilines is 1. The Hall–Kier alpha value is -1.01. The van der Waals surface area contributed by atoms with Gasteiger partial charge in [0.2, 0.25) is 5.91 Å². The Labute approximate surface area is 114 Å². The van der Waals surface area contributed by atoms with Gasteiger partial charge in [-0.2, -0.15) is 0 Å². The van der Waals surface area contributed by atoms with E-state index in [-0.39, 0.29) is 10.9 Å². The first-order valence-corrected chi connectivity index (χ1v) is 6.46. The third-order valence-electron chi connectivity index (χ3n) is 2.27.